The highest BCUT2D eigenvalue weighted by molar-refractivity contribution is 6.42. The molecule has 11 heteroatoms. The zero-order chi connectivity index (χ0) is 20.9. The molecule has 2 saturated heterocycles. The van der Waals surface area contributed by atoms with Crippen molar-refractivity contribution in [2.75, 3.05) is 5.32 Å². The lowest BCUT2D eigenvalue weighted by Gasteiger charge is -2.29. The summed E-state index contributed by atoms with van der Waals surface area (Å²) in [4.78, 5) is 19.7. The average molecular weight is 448 g/mol. The van der Waals surface area contributed by atoms with Crippen LogP contribution in [0.3, 0.4) is 0 Å². The number of aliphatic hydroxyl groups is 1. The van der Waals surface area contributed by atoms with E-state index in [0.29, 0.717) is 16.3 Å². The minimum absolute atomic E-state index is 0.252. The largest absolute Gasteiger partial charge is 0.451 e. The Morgan fingerprint density at radius 3 is 2.52 bits per heavy atom. The van der Waals surface area contributed by atoms with Crippen LogP contribution in [-0.4, -0.2) is 39.3 Å². The number of alkyl halides is 3. The topological polar surface area (TPSA) is 84.3 Å². The van der Waals surface area contributed by atoms with Crippen molar-refractivity contribution < 1.29 is 27.8 Å². The number of aliphatic hydroxyl groups excluding tert-OH is 1. The van der Waals surface area contributed by atoms with Gasteiger partial charge in [0.2, 0.25) is 11.7 Å². The van der Waals surface area contributed by atoms with Gasteiger partial charge in [-0.15, -0.1) is 0 Å². The normalized spacial score (nSPS) is 28.6. The lowest BCUT2D eigenvalue weighted by Crippen LogP contribution is -2.41. The summed E-state index contributed by atoms with van der Waals surface area (Å²) >= 11 is 11.8. The van der Waals surface area contributed by atoms with E-state index in [9.17, 15) is 23.1 Å². The Balaban J connectivity index is 1.61. The fraction of sp³-hybridized carbons (Fsp3) is 0.389. The Morgan fingerprint density at radius 2 is 1.90 bits per heavy atom. The first-order chi connectivity index (χ1) is 13.6. The summed E-state index contributed by atoms with van der Waals surface area (Å²) in [7, 11) is 0. The molecule has 0 aliphatic carbocycles. The van der Waals surface area contributed by atoms with Crippen LogP contribution < -0.4 is 5.32 Å². The molecule has 29 heavy (non-hydrogen) atoms. The van der Waals surface area contributed by atoms with E-state index in [1.54, 1.807) is 6.07 Å². The van der Waals surface area contributed by atoms with Crippen LogP contribution in [0, 0.1) is 5.92 Å². The number of nitrogens with one attached hydrogen (secondary N) is 1. The van der Waals surface area contributed by atoms with E-state index in [-0.39, 0.29) is 11.4 Å². The van der Waals surface area contributed by atoms with Crippen LogP contribution in [0.1, 0.15) is 23.7 Å². The standard InChI is InChI=1S/C18H14Cl2F3N3O3/c19-9-2-1-8(3-10(9)20)26-16(28)14-12-4-11(27)15(29-12)13(14)7-5-24-17(25-6-7)18(21,22)23/h1-3,5-6,11-15,27H,4H2,(H,26,28)/t11-,12+,13+,14-,15-/m0/s1. The van der Waals surface area contributed by atoms with Gasteiger partial charge in [0, 0.05) is 30.4 Å². The molecule has 2 aliphatic rings. The Hall–Kier alpha value is -1.94. The molecule has 2 N–H and O–H groups in total. The van der Waals surface area contributed by atoms with Crippen LogP contribution in [0.15, 0.2) is 30.6 Å². The third-order valence-electron chi connectivity index (χ3n) is 5.13. The van der Waals surface area contributed by atoms with Crippen molar-refractivity contribution in [3.63, 3.8) is 0 Å². The molecule has 2 aliphatic heterocycles. The third-order valence-corrected chi connectivity index (χ3v) is 5.87. The Labute approximate surface area is 173 Å². The molecule has 2 bridgehead atoms. The molecule has 1 aromatic heterocycles. The van der Waals surface area contributed by atoms with Gasteiger partial charge >= 0.3 is 6.18 Å². The Bertz CT molecular complexity index is 942. The molecule has 2 aromatic rings. The summed E-state index contributed by atoms with van der Waals surface area (Å²) in [6, 6.07) is 4.59. The number of carbonyl (C=O) groups is 1. The van der Waals surface area contributed by atoms with E-state index >= 15 is 0 Å². The molecule has 154 valence electrons. The van der Waals surface area contributed by atoms with E-state index in [1.807, 2.05) is 0 Å². The quantitative estimate of drug-likeness (QED) is 0.749. The Kier molecular flexibility index (Phi) is 5.18. The number of amides is 1. The highest BCUT2D eigenvalue weighted by Gasteiger charge is 2.57. The zero-order valence-corrected chi connectivity index (χ0v) is 16.0. The van der Waals surface area contributed by atoms with Crippen molar-refractivity contribution in [1.29, 1.82) is 0 Å². The van der Waals surface area contributed by atoms with Gasteiger partial charge in [-0.3, -0.25) is 4.79 Å². The maximum Gasteiger partial charge on any atom is 0.451 e. The number of rotatable bonds is 3. The molecule has 0 radical (unpaired) electrons. The molecule has 5 atom stereocenters. The van der Waals surface area contributed by atoms with Crippen molar-refractivity contribution >= 4 is 34.8 Å². The third kappa shape index (κ3) is 3.79. The van der Waals surface area contributed by atoms with Gasteiger partial charge in [0.25, 0.3) is 0 Å². The zero-order valence-electron chi connectivity index (χ0n) is 14.5. The van der Waals surface area contributed by atoms with Crippen molar-refractivity contribution in [3.05, 3.63) is 52.0 Å². The van der Waals surface area contributed by atoms with Crippen molar-refractivity contribution in [2.45, 2.75) is 36.8 Å². The summed E-state index contributed by atoms with van der Waals surface area (Å²) in [5.74, 6) is -3.11. The number of fused-ring (bicyclic) bond motifs is 2. The van der Waals surface area contributed by atoms with Gasteiger partial charge in [-0.2, -0.15) is 13.2 Å². The SMILES string of the molecule is O=C(Nc1ccc(Cl)c(Cl)c1)[C@@H]1[C@@H](c2cnc(C(F)(F)F)nc2)[C@H]2O[C@@H]1C[C@@H]2O. The van der Waals surface area contributed by atoms with Crippen molar-refractivity contribution in [1.82, 2.24) is 9.97 Å². The summed E-state index contributed by atoms with van der Waals surface area (Å²) in [5, 5.41) is 13.5. The predicted octanol–water partition coefficient (Wildman–Crippen LogP) is 3.67. The van der Waals surface area contributed by atoms with Crippen LogP contribution in [-0.2, 0) is 15.7 Å². The molecular weight excluding hydrogens is 434 g/mol. The first-order valence-corrected chi connectivity index (χ1v) is 9.39. The molecule has 0 spiro atoms. The maximum atomic E-state index is 12.9. The molecular formula is C18H14Cl2F3N3O3. The second-order valence-electron chi connectivity index (χ2n) is 6.95. The van der Waals surface area contributed by atoms with Crippen LogP contribution in [0.25, 0.3) is 0 Å². The number of aromatic nitrogens is 2. The van der Waals surface area contributed by atoms with E-state index in [1.165, 1.54) is 12.1 Å². The minimum Gasteiger partial charge on any atom is -0.390 e. The lowest BCUT2D eigenvalue weighted by atomic mass is 9.74. The van der Waals surface area contributed by atoms with E-state index in [0.717, 1.165) is 12.4 Å². The first-order valence-electron chi connectivity index (χ1n) is 8.63. The molecule has 4 rings (SSSR count). The molecule has 1 aromatic carbocycles. The van der Waals surface area contributed by atoms with Crippen LogP contribution in [0.5, 0.6) is 0 Å². The molecule has 3 heterocycles. The number of ether oxygens (including phenoxy) is 1. The fourth-order valence-electron chi connectivity index (χ4n) is 3.90. The Morgan fingerprint density at radius 1 is 1.21 bits per heavy atom. The van der Waals surface area contributed by atoms with Gasteiger partial charge in [0.1, 0.15) is 0 Å². The second-order valence-corrected chi connectivity index (χ2v) is 7.76. The van der Waals surface area contributed by atoms with Gasteiger partial charge in [-0.05, 0) is 23.8 Å². The first kappa shape index (κ1) is 20.3. The number of hydrogen-bond donors (Lipinski definition) is 2. The average Bonchev–Trinajstić information content (AvgIpc) is 3.21. The van der Waals surface area contributed by atoms with E-state index < -0.39 is 48.1 Å². The lowest BCUT2D eigenvalue weighted by molar-refractivity contribution is -0.145. The summed E-state index contributed by atoms with van der Waals surface area (Å²) < 4.78 is 44.0. The highest BCUT2D eigenvalue weighted by Crippen LogP contribution is 2.49. The molecule has 0 saturated carbocycles. The number of carbonyl (C=O) groups excluding carboxylic acids is 1. The number of anilines is 1. The number of halogens is 5. The molecule has 0 unspecified atom stereocenters. The van der Waals surface area contributed by atoms with Gasteiger partial charge in [-0.25, -0.2) is 9.97 Å². The van der Waals surface area contributed by atoms with Gasteiger partial charge in [-0.1, -0.05) is 23.2 Å². The minimum atomic E-state index is -4.67. The van der Waals surface area contributed by atoms with Crippen molar-refractivity contribution in [2.24, 2.45) is 5.92 Å². The predicted molar refractivity (Wildman–Crippen MR) is 97.6 cm³/mol. The van der Waals surface area contributed by atoms with Crippen molar-refractivity contribution in [3.8, 4) is 0 Å². The van der Waals surface area contributed by atoms with Crippen LogP contribution in [0.2, 0.25) is 10.0 Å². The monoisotopic (exact) mass is 447 g/mol. The molecule has 6 nitrogen and oxygen atoms in total. The second kappa shape index (κ2) is 7.39. The smallest absolute Gasteiger partial charge is 0.390 e. The number of benzene rings is 1. The number of nitrogens with zero attached hydrogens (tertiary/aromatic N) is 2. The van der Waals surface area contributed by atoms with Crippen LogP contribution >= 0.6 is 23.2 Å². The van der Waals surface area contributed by atoms with Gasteiger partial charge in [0.15, 0.2) is 0 Å². The summed E-state index contributed by atoms with van der Waals surface area (Å²) in [6.45, 7) is 0. The molecule has 2 fully saturated rings. The van der Waals surface area contributed by atoms with E-state index in [4.69, 9.17) is 27.9 Å². The summed E-state index contributed by atoms with van der Waals surface area (Å²) in [6.07, 6.45) is -4.51. The molecule has 1 amide bonds. The van der Waals surface area contributed by atoms with Gasteiger partial charge in [0.05, 0.1) is 34.3 Å². The van der Waals surface area contributed by atoms with E-state index in [2.05, 4.69) is 15.3 Å². The van der Waals surface area contributed by atoms with Crippen LogP contribution in [0.4, 0.5) is 18.9 Å². The summed E-state index contributed by atoms with van der Waals surface area (Å²) in [5.41, 5.74) is 0.702. The highest BCUT2D eigenvalue weighted by atomic mass is 35.5. The number of hydrogen-bond acceptors (Lipinski definition) is 5. The maximum absolute atomic E-state index is 12.9. The van der Waals surface area contributed by atoms with Gasteiger partial charge < -0.3 is 15.2 Å². The fourth-order valence-corrected chi connectivity index (χ4v) is 4.19.